The molecule has 0 spiro atoms. The topological polar surface area (TPSA) is 49.4 Å². The Bertz CT molecular complexity index is 817. The summed E-state index contributed by atoms with van der Waals surface area (Å²) in [6.07, 6.45) is 0.862. The molecule has 1 saturated heterocycles. The van der Waals surface area contributed by atoms with Gasteiger partial charge in [-0.15, -0.1) is 0 Å². The number of anilines is 1. The molecule has 2 amide bonds. The van der Waals surface area contributed by atoms with Crippen molar-refractivity contribution >= 4 is 17.5 Å². The van der Waals surface area contributed by atoms with Gasteiger partial charge in [-0.3, -0.25) is 9.59 Å². The second kappa shape index (κ2) is 8.33. The highest BCUT2D eigenvalue weighted by Gasteiger charge is 2.35. The fourth-order valence-electron chi connectivity index (χ4n) is 3.46. The maximum atomic E-state index is 12.9. The first-order chi connectivity index (χ1) is 13.0. The molecular weight excluding hydrogens is 343 g/mol. The van der Waals surface area contributed by atoms with Gasteiger partial charge in [-0.05, 0) is 41.7 Å². The minimum Gasteiger partial charge on any atom is -0.355 e. The summed E-state index contributed by atoms with van der Waals surface area (Å²) < 4.78 is 12.9. The zero-order valence-electron chi connectivity index (χ0n) is 15.7. The number of carbonyl (C=O) groups is 2. The average Bonchev–Trinajstić information content (AvgIpc) is 3.05. The molecule has 0 bridgehead atoms. The normalized spacial score (nSPS) is 16.8. The zero-order chi connectivity index (χ0) is 19.4. The SMILES string of the molecule is CC(C)c1ccccc1N1CC(C(=O)NCCc2ccc(F)cc2)CC1=O. The number of hydrogen-bond donors (Lipinski definition) is 1. The number of nitrogens with zero attached hydrogens (tertiary/aromatic N) is 1. The van der Waals surface area contributed by atoms with Gasteiger partial charge in [0, 0.05) is 25.2 Å². The van der Waals surface area contributed by atoms with E-state index in [-0.39, 0.29) is 30.0 Å². The standard InChI is InChI=1S/C22H25FN2O2/c1-15(2)19-5-3-4-6-20(19)25-14-17(13-21(25)26)22(27)24-12-11-16-7-9-18(23)10-8-16/h3-10,15,17H,11-14H2,1-2H3,(H,24,27). The Morgan fingerprint density at radius 3 is 2.59 bits per heavy atom. The average molecular weight is 368 g/mol. The number of rotatable bonds is 6. The Morgan fingerprint density at radius 2 is 1.89 bits per heavy atom. The van der Waals surface area contributed by atoms with Crippen LogP contribution in [-0.2, 0) is 16.0 Å². The highest BCUT2D eigenvalue weighted by atomic mass is 19.1. The Kier molecular flexibility index (Phi) is 5.89. The van der Waals surface area contributed by atoms with E-state index >= 15 is 0 Å². The van der Waals surface area contributed by atoms with Crippen molar-refractivity contribution in [3.63, 3.8) is 0 Å². The van der Waals surface area contributed by atoms with Crippen LogP contribution in [0.4, 0.5) is 10.1 Å². The first-order valence-electron chi connectivity index (χ1n) is 9.37. The van der Waals surface area contributed by atoms with Gasteiger partial charge < -0.3 is 10.2 Å². The van der Waals surface area contributed by atoms with Crippen LogP contribution in [0.25, 0.3) is 0 Å². The molecule has 27 heavy (non-hydrogen) atoms. The van der Waals surface area contributed by atoms with Gasteiger partial charge >= 0.3 is 0 Å². The summed E-state index contributed by atoms with van der Waals surface area (Å²) in [5, 5.41) is 2.91. The summed E-state index contributed by atoms with van der Waals surface area (Å²) >= 11 is 0. The van der Waals surface area contributed by atoms with Crippen LogP contribution in [0.15, 0.2) is 48.5 Å². The molecule has 1 unspecified atom stereocenters. The van der Waals surface area contributed by atoms with Crippen molar-refractivity contribution in [1.82, 2.24) is 5.32 Å². The molecular formula is C22H25FN2O2. The van der Waals surface area contributed by atoms with E-state index in [1.54, 1.807) is 17.0 Å². The highest BCUT2D eigenvalue weighted by Crippen LogP contribution is 2.32. The Morgan fingerprint density at radius 1 is 1.19 bits per heavy atom. The predicted octanol–water partition coefficient (Wildman–Crippen LogP) is 3.66. The van der Waals surface area contributed by atoms with E-state index < -0.39 is 0 Å². The zero-order valence-corrected chi connectivity index (χ0v) is 15.7. The Balaban J connectivity index is 1.58. The van der Waals surface area contributed by atoms with Crippen LogP contribution in [0.2, 0.25) is 0 Å². The second-order valence-corrected chi connectivity index (χ2v) is 7.29. The van der Waals surface area contributed by atoms with Crippen molar-refractivity contribution < 1.29 is 14.0 Å². The van der Waals surface area contributed by atoms with E-state index in [1.165, 1.54) is 12.1 Å². The summed E-state index contributed by atoms with van der Waals surface area (Å²) in [5.41, 5.74) is 2.98. The summed E-state index contributed by atoms with van der Waals surface area (Å²) in [6.45, 7) is 5.07. The van der Waals surface area contributed by atoms with Crippen molar-refractivity contribution in [3.05, 3.63) is 65.5 Å². The van der Waals surface area contributed by atoms with Gasteiger partial charge in [0.1, 0.15) is 5.82 Å². The Labute approximate surface area is 159 Å². The molecule has 0 radical (unpaired) electrons. The number of carbonyl (C=O) groups excluding carboxylic acids is 2. The van der Waals surface area contributed by atoms with Crippen LogP contribution in [0.3, 0.4) is 0 Å². The number of benzene rings is 2. The molecule has 4 nitrogen and oxygen atoms in total. The third-order valence-electron chi connectivity index (χ3n) is 4.97. The van der Waals surface area contributed by atoms with Crippen molar-refractivity contribution in [2.24, 2.45) is 5.92 Å². The molecule has 1 aliphatic heterocycles. The lowest BCUT2D eigenvalue weighted by molar-refractivity contribution is -0.126. The largest absolute Gasteiger partial charge is 0.355 e. The van der Waals surface area contributed by atoms with Crippen LogP contribution in [0.1, 0.15) is 37.3 Å². The molecule has 1 heterocycles. The smallest absolute Gasteiger partial charge is 0.227 e. The lowest BCUT2D eigenvalue weighted by Gasteiger charge is -2.22. The molecule has 1 aliphatic rings. The molecule has 0 aliphatic carbocycles. The molecule has 5 heteroatoms. The fraction of sp³-hybridized carbons (Fsp3) is 0.364. The van der Waals surface area contributed by atoms with Gasteiger partial charge in [-0.2, -0.15) is 0 Å². The van der Waals surface area contributed by atoms with E-state index in [4.69, 9.17) is 0 Å². The molecule has 1 fully saturated rings. The van der Waals surface area contributed by atoms with Crippen molar-refractivity contribution in [2.45, 2.75) is 32.6 Å². The minimum absolute atomic E-state index is 0.0122. The number of para-hydroxylation sites is 1. The second-order valence-electron chi connectivity index (χ2n) is 7.29. The minimum atomic E-state index is -0.342. The summed E-state index contributed by atoms with van der Waals surface area (Å²) in [6, 6.07) is 14.1. The molecule has 1 N–H and O–H groups in total. The van der Waals surface area contributed by atoms with Gasteiger partial charge in [0.05, 0.1) is 5.92 Å². The van der Waals surface area contributed by atoms with Crippen LogP contribution in [0.5, 0.6) is 0 Å². The van der Waals surface area contributed by atoms with Crippen LogP contribution < -0.4 is 10.2 Å². The van der Waals surface area contributed by atoms with E-state index in [1.807, 2.05) is 24.3 Å². The summed E-state index contributed by atoms with van der Waals surface area (Å²) in [4.78, 5) is 26.7. The van der Waals surface area contributed by atoms with E-state index in [0.717, 1.165) is 16.8 Å². The third-order valence-corrected chi connectivity index (χ3v) is 4.97. The summed E-state index contributed by atoms with van der Waals surface area (Å²) in [5.74, 6) is -0.422. The van der Waals surface area contributed by atoms with Crippen LogP contribution in [0, 0.1) is 11.7 Å². The van der Waals surface area contributed by atoms with Gasteiger partial charge in [-0.25, -0.2) is 4.39 Å². The third kappa shape index (κ3) is 4.54. The maximum absolute atomic E-state index is 12.9. The quantitative estimate of drug-likeness (QED) is 0.846. The first-order valence-corrected chi connectivity index (χ1v) is 9.37. The summed E-state index contributed by atoms with van der Waals surface area (Å²) in [7, 11) is 0. The lowest BCUT2D eigenvalue weighted by Crippen LogP contribution is -2.34. The van der Waals surface area contributed by atoms with E-state index in [0.29, 0.717) is 25.4 Å². The van der Waals surface area contributed by atoms with Crippen LogP contribution in [-0.4, -0.2) is 24.9 Å². The first kappa shape index (κ1) is 19.1. The number of halogens is 1. The molecule has 2 aromatic rings. The molecule has 2 aromatic carbocycles. The lowest BCUT2D eigenvalue weighted by atomic mass is 10.0. The number of hydrogen-bond acceptors (Lipinski definition) is 2. The molecule has 3 rings (SSSR count). The van der Waals surface area contributed by atoms with Crippen molar-refractivity contribution in [1.29, 1.82) is 0 Å². The van der Waals surface area contributed by atoms with E-state index in [2.05, 4.69) is 19.2 Å². The molecule has 142 valence electrons. The molecule has 0 aromatic heterocycles. The predicted molar refractivity (Wildman–Crippen MR) is 104 cm³/mol. The number of amides is 2. The van der Waals surface area contributed by atoms with Crippen molar-refractivity contribution in [2.75, 3.05) is 18.0 Å². The van der Waals surface area contributed by atoms with E-state index in [9.17, 15) is 14.0 Å². The highest BCUT2D eigenvalue weighted by molar-refractivity contribution is 6.00. The number of nitrogens with one attached hydrogen (secondary N) is 1. The van der Waals surface area contributed by atoms with Crippen molar-refractivity contribution in [3.8, 4) is 0 Å². The van der Waals surface area contributed by atoms with Gasteiger partial charge in [0.15, 0.2) is 0 Å². The molecule has 0 saturated carbocycles. The maximum Gasteiger partial charge on any atom is 0.227 e. The Hall–Kier alpha value is -2.69. The van der Waals surface area contributed by atoms with Gasteiger partial charge in [0.2, 0.25) is 11.8 Å². The van der Waals surface area contributed by atoms with Gasteiger partial charge in [-0.1, -0.05) is 44.2 Å². The van der Waals surface area contributed by atoms with Crippen LogP contribution >= 0.6 is 0 Å². The monoisotopic (exact) mass is 368 g/mol. The van der Waals surface area contributed by atoms with Gasteiger partial charge in [0.25, 0.3) is 0 Å². The fourth-order valence-corrected chi connectivity index (χ4v) is 3.46. The molecule has 1 atom stereocenters.